The van der Waals surface area contributed by atoms with Crippen molar-refractivity contribution in [3.05, 3.63) is 218 Å². The van der Waals surface area contributed by atoms with E-state index in [2.05, 4.69) is 197 Å². The Kier molecular flexibility index (Phi) is 7.82. The normalized spacial score (nSPS) is 11.7. The Bertz CT molecular complexity index is 3530. The van der Waals surface area contributed by atoms with Gasteiger partial charge in [0.25, 0.3) is 0 Å². The minimum atomic E-state index is 0.862. The molecule has 12 aromatic rings. The third-order valence-electron chi connectivity index (χ3n) is 11.9. The maximum atomic E-state index is 5.25. The SMILES string of the molecule is c1ccc(-c2cc(-c3ccccc3)cc(-n3c4ccccc4c4cc5c(cc43)c3ccccc3n5-c3cccc(-c4nc5ccccc5nc4-c4ccccc4)c3)c2)cc1. The van der Waals surface area contributed by atoms with E-state index in [9.17, 15) is 0 Å². The van der Waals surface area contributed by atoms with E-state index in [0.717, 1.165) is 56.0 Å². The molecule has 0 amide bonds. The number of fused-ring (bicyclic) bond motifs is 7. The molecule has 0 spiro atoms. The van der Waals surface area contributed by atoms with Crippen LogP contribution in [0.2, 0.25) is 0 Å². The van der Waals surface area contributed by atoms with E-state index >= 15 is 0 Å². The first-order valence-corrected chi connectivity index (χ1v) is 20.4. The zero-order valence-electron chi connectivity index (χ0n) is 32.6. The Morgan fingerprint density at radius 1 is 0.250 bits per heavy atom. The number of benzene rings is 9. The van der Waals surface area contributed by atoms with Gasteiger partial charge in [-0.1, -0.05) is 152 Å². The highest BCUT2D eigenvalue weighted by molar-refractivity contribution is 6.19. The average molecular weight is 765 g/mol. The Morgan fingerprint density at radius 3 is 1.22 bits per heavy atom. The molecular formula is C56H36N4. The fourth-order valence-corrected chi connectivity index (χ4v) is 9.11. The van der Waals surface area contributed by atoms with Gasteiger partial charge >= 0.3 is 0 Å². The number of hydrogen-bond donors (Lipinski definition) is 0. The summed E-state index contributed by atoms with van der Waals surface area (Å²) in [5.74, 6) is 0. The fourth-order valence-electron chi connectivity index (χ4n) is 9.11. The highest BCUT2D eigenvalue weighted by Crippen LogP contribution is 2.42. The molecule has 0 aliphatic heterocycles. The molecular weight excluding hydrogens is 729 g/mol. The zero-order valence-corrected chi connectivity index (χ0v) is 32.6. The molecule has 0 unspecified atom stereocenters. The van der Waals surface area contributed by atoms with Gasteiger partial charge in [0, 0.05) is 44.0 Å². The van der Waals surface area contributed by atoms with Gasteiger partial charge in [-0.25, -0.2) is 9.97 Å². The molecule has 0 atom stereocenters. The summed E-state index contributed by atoms with van der Waals surface area (Å²) in [6.07, 6.45) is 0. The molecule has 0 aliphatic carbocycles. The van der Waals surface area contributed by atoms with Gasteiger partial charge in [0.1, 0.15) is 0 Å². The number of hydrogen-bond acceptors (Lipinski definition) is 2. The summed E-state index contributed by atoms with van der Waals surface area (Å²) in [6, 6.07) is 78.1. The van der Waals surface area contributed by atoms with E-state index in [4.69, 9.17) is 9.97 Å². The standard InChI is InChI=1S/C56H36N4/c1-4-17-37(18-5-1)41-31-42(38-19-6-2-7-20-38)34-44(33-41)60-52-30-15-11-26-46(52)48-35-53-47(36-54(48)60)45-25-10-14-29-51(45)59(53)43-24-16-23-40(32-43)56-55(39-21-8-3-9-22-39)57-49-27-12-13-28-50(49)58-56/h1-36H. The Hall–Kier alpha value is -8.08. The highest BCUT2D eigenvalue weighted by atomic mass is 15.0. The second-order valence-electron chi connectivity index (χ2n) is 15.4. The summed E-state index contributed by atoms with van der Waals surface area (Å²) in [5, 5.41) is 4.82. The Balaban J connectivity index is 1.10. The molecule has 0 bridgehead atoms. The lowest BCUT2D eigenvalue weighted by molar-refractivity contribution is 1.17. The summed E-state index contributed by atoms with van der Waals surface area (Å²) < 4.78 is 4.87. The van der Waals surface area contributed by atoms with E-state index in [1.165, 1.54) is 54.8 Å². The molecule has 0 fully saturated rings. The molecule has 12 rings (SSSR count). The maximum absolute atomic E-state index is 5.25. The monoisotopic (exact) mass is 764 g/mol. The molecule has 0 aliphatic rings. The highest BCUT2D eigenvalue weighted by Gasteiger charge is 2.21. The van der Waals surface area contributed by atoms with E-state index in [0.29, 0.717) is 0 Å². The van der Waals surface area contributed by atoms with Gasteiger partial charge in [-0.3, -0.25) is 0 Å². The first kappa shape index (κ1) is 34.0. The van der Waals surface area contributed by atoms with E-state index in [1.54, 1.807) is 0 Å². The third-order valence-corrected chi connectivity index (χ3v) is 11.9. The molecule has 4 nitrogen and oxygen atoms in total. The van der Waals surface area contributed by atoms with Crippen LogP contribution in [0.4, 0.5) is 0 Å². The van der Waals surface area contributed by atoms with Gasteiger partial charge in [0.15, 0.2) is 0 Å². The van der Waals surface area contributed by atoms with Crippen molar-refractivity contribution >= 4 is 54.6 Å². The number of para-hydroxylation sites is 4. The van der Waals surface area contributed by atoms with Gasteiger partial charge in [-0.2, -0.15) is 0 Å². The zero-order chi connectivity index (χ0) is 39.6. The maximum Gasteiger partial charge on any atom is 0.0973 e. The van der Waals surface area contributed by atoms with E-state index in [1.807, 2.05) is 30.3 Å². The van der Waals surface area contributed by atoms with Crippen molar-refractivity contribution in [3.63, 3.8) is 0 Å². The molecule has 0 N–H and O–H groups in total. The Labute approximate surface area is 346 Å². The van der Waals surface area contributed by atoms with Crippen molar-refractivity contribution in [1.29, 1.82) is 0 Å². The van der Waals surface area contributed by atoms with Crippen molar-refractivity contribution < 1.29 is 0 Å². The van der Waals surface area contributed by atoms with Gasteiger partial charge in [-0.05, 0) is 89.0 Å². The molecule has 9 aromatic carbocycles. The molecule has 60 heavy (non-hydrogen) atoms. The van der Waals surface area contributed by atoms with Gasteiger partial charge < -0.3 is 9.13 Å². The summed E-state index contributed by atoms with van der Waals surface area (Å²) in [5.41, 5.74) is 17.1. The van der Waals surface area contributed by atoms with Gasteiger partial charge in [0.05, 0.1) is 44.5 Å². The van der Waals surface area contributed by atoms with Gasteiger partial charge in [-0.15, -0.1) is 0 Å². The van der Waals surface area contributed by atoms with Crippen LogP contribution in [0.1, 0.15) is 0 Å². The third kappa shape index (κ3) is 5.53. The van der Waals surface area contributed by atoms with Crippen molar-refractivity contribution in [2.24, 2.45) is 0 Å². The lowest BCUT2D eigenvalue weighted by Crippen LogP contribution is -1.98. The Morgan fingerprint density at radius 2 is 0.667 bits per heavy atom. The molecule has 3 aromatic heterocycles. The second kappa shape index (κ2) is 13.8. The average Bonchev–Trinajstić information content (AvgIpc) is 3.83. The predicted octanol–water partition coefficient (Wildman–Crippen LogP) is 14.5. The number of nitrogens with zero attached hydrogens (tertiary/aromatic N) is 4. The topological polar surface area (TPSA) is 35.6 Å². The fraction of sp³-hybridized carbons (Fsp3) is 0. The van der Waals surface area contributed by atoms with Crippen LogP contribution < -0.4 is 0 Å². The number of rotatable bonds is 6. The van der Waals surface area contributed by atoms with Crippen molar-refractivity contribution in [1.82, 2.24) is 19.1 Å². The lowest BCUT2D eigenvalue weighted by Gasteiger charge is -2.14. The van der Waals surface area contributed by atoms with E-state index < -0.39 is 0 Å². The molecule has 4 heteroatoms. The van der Waals surface area contributed by atoms with E-state index in [-0.39, 0.29) is 0 Å². The minimum absolute atomic E-state index is 0.862. The van der Waals surface area contributed by atoms with Gasteiger partial charge in [0.2, 0.25) is 0 Å². The van der Waals surface area contributed by atoms with Crippen molar-refractivity contribution in [2.75, 3.05) is 0 Å². The molecule has 0 saturated heterocycles. The number of aromatic nitrogens is 4. The summed E-state index contributed by atoms with van der Waals surface area (Å²) in [4.78, 5) is 10.4. The van der Waals surface area contributed by atoms with Crippen LogP contribution in [-0.2, 0) is 0 Å². The largest absolute Gasteiger partial charge is 0.309 e. The lowest BCUT2D eigenvalue weighted by atomic mass is 9.98. The summed E-state index contributed by atoms with van der Waals surface area (Å²) in [6.45, 7) is 0. The molecule has 0 saturated carbocycles. The second-order valence-corrected chi connectivity index (χ2v) is 15.4. The van der Waals surface area contributed by atoms with Crippen LogP contribution >= 0.6 is 0 Å². The minimum Gasteiger partial charge on any atom is -0.309 e. The van der Waals surface area contributed by atoms with Crippen LogP contribution in [0.15, 0.2) is 218 Å². The first-order chi connectivity index (χ1) is 29.7. The van der Waals surface area contributed by atoms with Crippen molar-refractivity contribution in [3.8, 4) is 56.1 Å². The summed E-state index contributed by atoms with van der Waals surface area (Å²) >= 11 is 0. The molecule has 3 heterocycles. The van der Waals surface area contributed by atoms with Crippen LogP contribution in [0, 0.1) is 0 Å². The van der Waals surface area contributed by atoms with Crippen LogP contribution in [0.25, 0.3) is 111 Å². The summed E-state index contributed by atoms with van der Waals surface area (Å²) in [7, 11) is 0. The predicted molar refractivity (Wildman–Crippen MR) is 250 cm³/mol. The van der Waals surface area contributed by atoms with Crippen molar-refractivity contribution in [2.45, 2.75) is 0 Å². The molecule has 0 radical (unpaired) electrons. The smallest absolute Gasteiger partial charge is 0.0973 e. The van der Waals surface area contributed by atoms with Crippen LogP contribution in [0.5, 0.6) is 0 Å². The first-order valence-electron chi connectivity index (χ1n) is 20.4. The molecule has 280 valence electrons. The van der Waals surface area contributed by atoms with Crippen LogP contribution in [0.3, 0.4) is 0 Å². The quantitative estimate of drug-likeness (QED) is 0.169. The van der Waals surface area contributed by atoms with Crippen LogP contribution in [-0.4, -0.2) is 19.1 Å².